The number of alkyl halides is 1. The van der Waals surface area contributed by atoms with Gasteiger partial charge in [0.1, 0.15) is 12.1 Å². The summed E-state index contributed by atoms with van der Waals surface area (Å²) >= 11 is 6.06. The van der Waals surface area contributed by atoms with E-state index >= 15 is 4.39 Å². The molecule has 1 amide bonds. The minimum atomic E-state index is -4.16. The zero-order chi connectivity index (χ0) is 28.5. The molecule has 0 bridgehead atoms. The fourth-order valence-corrected chi connectivity index (χ4v) is 6.03. The van der Waals surface area contributed by atoms with Crippen LogP contribution in [-0.4, -0.2) is 65.9 Å². The van der Waals surface area contributed by atoms with Crippen LogP contribution in [0.4, 0.5) is 4.39 Å². The van der Waals surface area contributed by atoms with Crippen molar-refractivity contribution in [3.05, 3.63) is 47.1 Å². The number of benzene rings is 1. The number of phosphoric acid groups is 1. The van der Waals surface area contributed by atoms with Gasteiger partial charge in [-0.3, -0.25) is 32.9 Å². The van der Waals surface area contributed by atoms with E-state index in [1.807, 2.05) is 0 Å². The Kier molecular flexibility index (Phi) is 8.97. The number of rotatable bonds is 8. The lowest BCUT2D eigenvalue weighted by Crippen LogP contribution is -2.53. The summed E-state index contributed by atoms with van der Waals surface area (Å²) in [5.41, 5.74) is 4.11. The summed E-state index contributed by atoms with van der Waals surface area (Å²) in [7, 11) is -4.16. The number of ether oxygens (including phenoxy) is 2. The van der Waals surface area contributed by atoms with Crippen LogP contribution in [-0.2, 0) is 42.0 Å². The van der Waals surface area contributed by atoms with Gasteiger partial charge in [0.05, 0.1) is 25.7 Å². The van der Waals surface area contributed by atoms with Gasteiger partial charge >= 0.3 is 13.8 Å². The number of hydrogen-bond acceptors (Lipinski definition) is 10. The highest BCUT2D eigenvalue weighted by Gasteiger charge is 2.60. The number of halogens is 2. The molecule has 0 radical (unpaired) electrons. The van der Waals surface area contributed by atoms with Crippen LogP contribution < -0.4 is 5.73 Å². The van der Waals surface area contributed by atoms with E-state index in [1.165, 1.54) is 0 Å². The van der Waals surface area contributed by atoms with Crippen molar-refractivity contribution in [1.29, 1.82) is 0 Å². The molecule has 0 aliphatic carbocycles. The fraction of sp³-hybridized carbons (Fsp3) is 0.560. The van der Waals surface area contributed by atoms with Gasteiger partial charge in [0, 0.05) is 17.6 Å². The van der Waals surface area contributed by atoms with Crippen LogP contribution in [0, 0.1) is 5.92 Å². The van der Waals surface area contributed by atoms with Crippen LogP contribution in [0.1, 0.15) is 45.3 Å². The molecule has 1 aromatic rings. The standard InChI is InChI=1S/C25H31ClFN2O9P/c1-14(2)21(28)23(32)37-22-19(36-24(25(22,3)27)29-9-7-17(30)12-20(29)31)13-35-39(33)34-10-8-18(38-39)15-5-4-6-16(26)11-15/h4-7,9,11,14,18-19,21-22,24H,8,10,12-13,28H2,1-3H3/t18-,19+,21-,22+,24+,25+,39+/m0/s1. The predicted molar refractivity (Wildman–Crippen MR) is 136 cm³/mol. The number of carbonyl (C=O) groups is 3. The highest BCUT2D eigenvalue weighted by molar-refractivity contribution is 7.48. The van der Waals surface area contributed by atoms with Crippen LogP contribution in [0.5, 0.6) is 0 Å². The predicted octanol–water partition coefficient (Wildman–Crippen LogP) is 3.61. The Labute approximate surface area is 230 Å². The van der Waals surface area contributed by atoms with Gasteiger partial charge in [-0.15, -0.1) is 0 Å². The number of allylic oxidation sites excluding steroid dienone is 1. The highest BCUT2D eigenvalue weighted by atomic mass is 35.5. The Balaban J connectivity index is 1.54. The Morgan fingerprint density at radius 3 is 2.77 bits per heavy atom. The molecule has 0 aromatic heterocycles. The average molecular weight is 589 g/mol. The van der Waals surface area contributed by atoms with Crippen molar-refractivity contribution < 1.29 is 46.4 Å². The number of hydrogen-bond donors (Lipinski definition) is 1. The van der Waals surface area contributed by atoms with E-state index in [1.54, 1.807) is 38.1 Å². The summed E-state index contributed by atoms with van der Waals surface area (Å²) < 4.78 is 57.4. The highest BCUT2D eigenvalue weighted by Crippen LogP contribution is 2.57. The van der Waals surface area contributed by atoms with E-state index in [4.69, 9.17) is 40.4 Å². The minimum absolute atomic E-state index is 0.0478. The summed E-state index contributed by atoms with van der Waals surface area (Å²) in [6, 6.07) is 5.78. The molecule has 11 nitrogen and oxygen atoms in total. The topological polar surface area (TPSA) is 144 Å². The van der Waals surface area contributed by atoms with E-state index in [-0.39, 0.29) is 12.5 Å². The van der Waals surface area contributed by atoms with Gasteiger partial charge in [0.25, 0.3) is 0 Å². The Hall–Kier alpha value is -2.18. The molecule has 2 fully saturated rings. The molecule has 4 rings (SSSR count). The maximum atomic E-state index is 16.3. The number of carbonyl (C=O) groups excluding carboxylic acids is 3. The SMILES string of the molecule is CC(C)[C@H](N)C(=O)O[C@@H]1[C@@H](CO[P@@]2(=O)OCC[C@@H](c3cccc(Cl)c3)O2)O[C@@H](N2C=CC(=O)CC2=O)[C@]1(C)F. The molecule has 7 atom stereocenters. The summed E-state index contributed by atoms with van der Waals surface area (Å²) in [5.74, 6) is -2.34. The van der Waals surface area contributed by atoms with Crippen molar-refractivity contribution in [2.24, 2.45) is 11.7 Å². The second-order valence-electron chi connectivity index (χ2n) is 10.1. The molecular formula is C25H31ClFN2O9P. The van der Waals surface area contributed by atoms with E-state index in [2.05, 4.69) is 0 Å². The van der Waals surface area contributed by atoms with Gasteiger partial charge in [-0.2, -0.15) is 0 Å². The Morgan fingerprint density at radius 2 is 2.10 bits per heavy atom. The second-order valence-corrected chi connectivity index (χ2v) is 12.1. The van der Waals surface area contributed by atoms with Crippen molar-refractivity contribution in [3.63, 3.8) is 0 Å². The van der Waals surface area contributed by atoms with E-state index in [9.17, 15) is 18.9 Å². The average Bonchev–Trinajstić information content (AvgIpc) is 3.11. The maximum Gasteiger partial charge on any atom is 0.475 e. The number of ketones is 1. The summed E-state index contributed by atoms with van der Waals surface area (Å²) in [5, 5.41) is 0.471. The van der Waals surface area contributed by atoms with Gasteiger partial charge in [0.15, 0.2) is 23.8 Å². The normalized spacial score (nSPS) is 34.0. The van der Waals surface area contributed by atoms with Crippen molar-refractivity contribution in [2.75, 3.05) is 13.2 Å². The lowest BCUT2D eigenvalue weighted by Gasteiger charge is -2.34. The number of amides is 1. The quantitative estimate of drug-likeness (QED) is 0.272. The molecule has 3 aliphatic heterocycles. The van der Waals surface area contributed by atoms with Gasteiger partial charge in [-0.25, -0.2) is 8.96 Å². The monoisotopic (exact) mass is 588 g/mol. The van der Waals surface area contributed by atoms with Crippen LogP contribution in [0.3, 0.4) is 0 Å². The van der Waals surface area contributed by atoms with Crippen LogP contribution >= 0.6 is 19.4 Å². The summed E-state index contributed by atoms with van der Waals surface area (Å²) in [6.45, 7) is 3.96. The maximum absolute atomic E-state index is 16.3. The number of nitrogens with two attached hydrogens (primary N) is 1. The third-order valence-electron chi connectivity index (χ3n) is 6.70. The lowest BCUT2D eigenvalue weighted by molar-refractivity contribution is -0.161. The largest absolute Gasteiger partial charge is 0.475 e. The second kappa shape index (κ2) is 11.7. The molecule has 2 saturated heterocycles. The van der Waals surface area contributed by atoms with E-state index in [0.717, 1.165) is 24.1 Å². The molecule has 1 aromatic carbocycles. The molecule has 14 heteroatoms. The molecule has 3 aliphatic rings. The number of nitrogens with zero attached hydrogens (tertiary/aromatic N) is 1. The van der Waals surface area contributed by atoms with Gasteiger partial charge in [0.2, 0.25) is 5.91 Å². The minimum Gasteiger partial charge on any atom is -0.455 e. The first kappa shape index (κ1) is 29.8. The summed E-state index contributed by atoms with van der Waals surface area (Å²) in [4.78, 5) is 37.8. The molecule has 0 unspecified atom stereocenters. The molecule has 2 N–H and O–H groups in total. The van der Waals surface area contributed by atoms with Gasteiger partial charge in [-0.1, -0.05) is 37.6 Å². The molecule has 214 valence electrons. The first-order chi connectivity index (χ1) is 18.3. The fourth-order valence-electron chi connectivity index (χ4n) is 4.44. The molecule has 0 saturated carbocycles. The molecule has 0 spiro atoms. The smallest absolute Gasteiger partial charge is 0.455 e. The van der Waals surface area contributed by atoms with Crippen LogP contribution in [0.2, 0.25) is 5.02 Å². The van der Waals surface area contributed by atoms with Gasteiger partial charge < -0.3 is 15.2 Å². The zero-order valence-corrected chi connectivity index (χ0v) is 23.3. The van der Waals surface area contributed by atoms with Crippen molar-refractivity contribution in [2.45, 2.75) is 69.9 Å². The Bertz CT molecular complexity index is 1200. The molecular weight excluding hydrogens is 558 g/mol. The third kappa shape index (κ3) is 6.59. The summed E-state index contributed by atoms with van der Waals surface area (Å²) in [6.07, 6.45) is -3.02. The van der Waals surface area contributed by atoms with Crippen LogP contribution in [0.25, 0.3) is 0 Å². The van der Waals surface area contributed by atoms with Crippen molar-refractivity contribution in [3.8, 4) is 0 Å². The first-order valence-corrected chi connectivity index (χ1v) is 14.3. The number of esters is 1. The molecule has 3 heterocycles. The number of phosphoric ester groups is 1. The van der Waals surface area contributed by atoms with Gasteiger partial charge in [-0.05, 0) is 36.6 Å². The zero-order valence-electron chi connectivity index (χ0n) is 21.7. The lowest BCUT2D eigenvalue weighted by atomic mass is 9.96. The molecule has 39 heavy (non-hydrogen) atoms. The van der Waals surface area contributed by atoms with E-state index in [0.29, 0.717) is 17.0 Å². The first-order valence-electron chi connectivity index (χ1n) is 12.5. The van der Waals surface area contributed by atoms with Crippen molar-refractivity contribution in [1.82, 2.24) is 4.90 Å². The Morgan fingerprint density at radius 1 is 1.36 bits per heavy atom. The van der Waals surface area contributed by atoms with E-state index < -0.39 is 74.8 Å². The third-order valence-corrected chi connectivity index (χ3v) is 8.42. The van der Waals surface area contributed by atoms with Crippen molar-refractivity contribution >= 4 is 37.1 Å². The van der Waals surface area contributed by atoms with Crippen LogP contribution in [0.15, 0.2) is 36.5 Å².